The number of allylic oxidation sites excluding steroid dienone is 1. The molecule has 3 aromatic rings. The van der Waals surface area contributed by atoms with Crippen molar-refractivity contribution in [2.45, 2.75) is 12.7 Å². The van der Waals surface area contributed by atoms with E-state index >= 15 is 0 Å². The molecule has 2 N–H and O–H groups in total. The van der Waals surface area contributed by atoms with Crippen molar-refractivity contribution in [3.63, 3.8) is 0 Å². The van der Waals surface area contributed by atoms with E-state index in [1.165, 1.54) is 6.07 Å². The molecular formula is C21H14F3N3O3S. The first-order valence-corrected chi connectivity index (χ1v) is 9.79. The van der Waals surface area contributed by atoms with Crippen LogP contribution in [0.3, 0.4) is 0 Å². The van der Waals surface area contributed by atoms with Crippen LogP contribution in [0.4, 0.5) is 24.5 Å². The number of halogens is 3. The van der Waals surface area contributed by atoms with Crippen LogP contribution in [0.15, 0.2) is 58.3 Å². The zero-order valence-electron chi connectivity index (χ0n) is 15.7. The van der Waals surface area contributed by atoms with Gasteiger partial charge in [0.25, 0.3) is 0 Å². The topological polar surface area (TPSA) is 83.7 Å². The van der Waals surface area contributed by atoms with Crippen LogP contribution >= 0.6 is 11.3 Å². The van der Waals surface area contributed by atoms with E-state index in [1.54, 1.807) is 12.3 Å². The Morgan fingerprint density at radius 1 is 1.19 bits per heavy atom. The van der Waals surface area contributed by atoms with Gasteiger partial charge < -0.3 is 10.4 Å². The number of aliphatic imine (C=N–C) groups is 1. The third-order valence-electron chi connectivity index (χ3n) is 4.51. The lowest BCUT2D eigenvalue weighted by Crippen LogP contribution is -2.24. The molecule has 1 amide bonds. The van der Waals surface area contributed by atoms with Gasteiger partial charge in [0.2, 0.25) is 11.8 Å². The molecule has 10 heteroatoms. The lowest BCUT2D eigenvalue weighted by Gasteiger charge is -2.10. The average Bonchev–Trinajstić information content (AvgIpc) is 3.24. The Labute approximate surface area is 177 Å². The number of alkyl halides is 3. The summed E-state index contributed by atoms with van der Waals surface area (Å²) in [5.41, 5.74) is 1.33. The van der Waals surface area contributed by atoms with Gasteiger partial charge in [-0.25, -0.2) is 0 Å². The first kappa shape index (κ1) is 20.6. The maximum atomic E-state index is 12.8. The lowest BCUT2D eigenvalue weighted by atomic mass is 10.1. The molecule has 0 radical (unpaired) electrons. The first-order valence-electron chi connectivity index (χ1n) is 8.97. The SMILES string of the molecule is O=C(Cn1c(O)c(C=C2C=Nc3ccccc32)sc1=O)Nc1cccc(C(F)(F)F)c1. The number of aromatic hydroxyl groups is 1. The number of anilines is 1. The number of nitrogens with one attached hydrogen (secondary N) is 1. The second kappa shape index (κ2) is 7.88. The van der Waals surface area contributed by atoms with Gasteiger partial charge in [0.05, 0.1) is 16.1 Å². The van der Waals surface area contributed by atoms with Gasteiger partial charge >= 0.3 is 11.0 Å². The van der Waals surface area contributed by atoms with Crippen LogP contribution in [-0.4, -0.2) is 21.8 Å². The van der Waals surface area contributed by atoms with E-state index < -0.39 is 34.9 Å². The number of hydrogen-bond acceptors (Lipinski definition) is 5. The minimum absolute atomic E-state index is 0.0660. The number of para-hydroxylation sites is 1. The predicted octanol–water partition coefficient (Wildman–Crippen LogP) is 4.53. The number of nitrogens with zero attached hydrogens (tertiary/aromatic N) is 2. The predicted molar refractivity (Wildman–Crippen MR) is 113 cm³/mol. The van der Waals surface area contributed by atoms with Crippen LogP contribution in [0.1, 0.15) is 16.0 Å². The van der Waals surface area contributed by atoms with Crippen molar-refractivity contribution in [2.75, 3.05) is 5.32 Å². The highest BCUT2D eigenvalue weighted by molar-refractivity contribution is 7.10. The first-order chi connectivity index (χ1) is 14.7. The molecule has 2 aromatic carbocycles. The summed E-state index contributed by atoms with van der Waals surface area (Å²) in [5, 5.41) is 12.8. The molecule has 0 fully saturated rings. The molecule has 6 nitrogen and oxygen atoms in total. The van der Waals surface area contributed by atoms with Gasteiger partial charge in [-0.15, -0.1) is 0 Å². The molecule has 1 aliphatic heterocycles. The van der Waals surface area contributed by atoms with Crippen LogP contribution in [0.2, 0.25) is 0 Å². The average molecular weight is 445 g/mol. The Kier molecular flexibility index (Phi) is 5.24. The van der Waals surface area contributed by atoms with E-state index in [9.17, 15) is 27.9 Å². The van der Waals surface area contributed by atoms with Crippen molar-refractivity contribution < 1.29 is 23.1 Å². The van der Waals surface area contributed by atoms with Crippen molar-refractivity contribution >= 4 is 46.5 Å². The van der Waals surface area contributed by atoms with Gasteiger partial charge in [-0.3, -0.25) is 19.1 Å². The number of benzene rings is 2. The highest BCUT2D eigenvalue weighted by Crippen LogP contribution is 2.34. The van der Waals surface area contributed by atoms with E-state index in [0.717, 1.165) is 45.4 Å². The summed E-state index contributed by atoms with van der Waals surface area (Å²) in [6, 6.07) is 11.5. The Balaban J connectivity index is 1.54. The van der Waals surface area contributed by atoms with E-state index in [2.05, 4.69) is 10.3 Å². The molecule has 31 heavy (non-hydrogen) atoms. The monoisotopic (exact) mass is 445 g/mol. The summed E-state index contributed by atoms with van der Waals surface area (Å²) in [6.45, 7) is -0.550. The van der Waals surface area contributed by atoms with E-state index in [4.69, 9.17) is 0 Å². The fourth-order valence-electron chi connectivity index (χ4n) is 3.06. The molecule has 4 rings (SSSR count). The van der Waals surface area contributed by atoms with E-state index in [0.29, 0.717) is 5.57 Å². The molecule has 1 aromatic heterocycles. The minimum Gasteiger partial charge on any atom is -0.493 e. The Morgan fingerprint density at radius 2 is 1.97 bits per heavy atom. The number of amides is 1. The molecule has 0 aliphatic carbocycles. The van der Waals surface area contributed by atoms with Crippen molar-refractivity contribution in [1.29, 1.82) is 0 Å². The molecule has 0 unspecified atom stereocenters. The Bertz CT molecular complexity index is 1290. The van der Waals surface area contributed by atoms with Crippen molar-refractivity contribution in [3.05, 3.63) is 74.2 Å². The number of rotatable bonds is 4. The van der Waals surface area contributed by atoms with Gasteiger partial charge in [-0.05, 0) is 30.3 Å². The van der Waals surface area contributed by atoms with Gasteiger partial charge in [-0.2, -0.15) is 13.2 Å². The van der Waals surface area contributed by atoms with Crippen LogP contribution in [0, 0.1) is 0 Å². The number of carbonyl (C=O) groups is 1. The maximum absolute atomic E-state index is 12.8. The molecule has 0 spiro atoms. The summed E-state index contributed by atoms with van der Waals surface area (Å²) >= 11 is 0.747. The van der Waals surface area contributed by atoms with Crippen LogP contribution < -0.4 is 10.2 Å². The number of carbonyl (C=O) groups excluding carboxylic acids is 1. The van der Waals surface area contributed by atoms with E-state index in [-0.39, 0.29) is 10.6 Å². The van der Waals surface area contributed by atoms with Gasteiger partial charge in [0.15, 0.2) is 0 Å². The summed E-state index contributed by atoms with van der Waals surface area (Å²) < 4.78 is 39.3. The molecule has 2 heterocycles. The third kappa shape index (κ3) is 4.29. The Morgan fingerprint density at radius 3 is 2.74 bits per heavy atom. The van der Waals surface area contributed by atoms with Crippen molar-refractivity contribution in [3.8, 4) is 5.88 Å². The fraction of sp³-hybridized carbons (Fsp3) is 0.0952. The number of aromatic nitrogens is 1. The second-order valence-corrected chi connectivity index (χ2v) is 7.64. The summed E-state index contributed by atoms with van der Waals surface area (Å²) in [5.74, 6) is -1.15. The molecule has 0 saturated carbocycles. The zero-order valence-corrected chi connectivity index (χ0v) is 16.5. The number of hydrogen-bond donors (Lipinski definition) is 2. The highest BCUT2D eigenvalue weighted by atomic mass is 32.1. The van der Waals surface area contributed by atoms with Crippen molar-refractivity contribution in [1.82, 2.24) is 4.57 Å². The lowest BCUT2D eigenvalue weighted by molar-refractivity contribution is -0.137. The van der Waals surface area contributed by atoms with Crippen molar-refractivity contribution in [2.24, 2.45) is 4.99 Å². The normalized spacial score (nSPS) is 14.1. The summed E-state index contributed by atoms with van der Waals surface area (Å²) in [7, 11) is 0. The molecule has 0 bridgehead atoms. The van der Waals surface area contributed by atoms with Gasteiger partial charge in [0, 0.05) is 23.0 Å². The minimum atomic E-state index is -4.55. The largest absolute Gasteiger partial charge is 0.493 e. The van der Waals surface area contributed by atoms with Crippen LogP contribution in [-0.2, 0) is 17.5 Å². The van der Waals surface area contributed by atoms with Gasteiger partial charge in [-0.1, -0.05) is 35.6 Å². The number of fused-ring (bicyclic) bond motifs is 1. The van der Waals surface area contributed by atoms with Crippen LogP contribution in [0.25, 0.3) is 11.6 Å². The maximum Gasteiger partial charge on any atom is 0.416 e. The van der Waals surface area contributed by atoms with E-state index in [1.807, 2.05) is 24.3 Å². The molecule has 0 saturated heterocycles. The molecule has 1 aliphatic rings. The highest BCUT2D eigenvalue weighted by Gasteiger charge is 2.30. The van der Waals surface area contributed by atoms with Gasteiger partial charge in [0.1, 0.15) is 6.54 Å². The Hall–Kier alpha value is -3.66. The summed E-state index contributed by atoms with van der Waals surface area (Å²) in [4.78, 5) is 28.5. The molecule has 158 valence electrons. The second-order valence-electron chi connectivity index (χ2n) is 6.64. The third-order valence-corrected chi connectivity index (χ3v) is 5.43. The fourth-order valence-corrected chi connectivity index (χ4v) is 3.90. The smallest absolute Gasteiger partial charge is 0.416 e. The van der Waals surface area contributed by atoms with Crippen LogP contribution in [0.5, 0.6) is 5.88 Å². The molecular weight excluding hydrogens is 431 g/mol. The molecule has 0 atom stereocenters. The quantitative estimate of drug-likeness (QED) is 0.619. The number of thiazole rings is 1. The zero-order chi connectivity index (χ0) is 22.2. The standard InChI is InChI=1S/C21H14F3N3O3S/c22-21(23,24)13-4-3-5-14(9-13)26-18(28)11-27-19(29)17(31-20(27)30)8-12-10-25-16-7-2-1-6-15(12)16/h1-10,29H,11H2,(H,26,28). The summed E-state index contributed by atoms with van der Waals surface area (Å²) in [6.07, 6.45) is -1.34.